The Balaban J connectivity index is 1.50. The van der Waals surface area contributed by atoms with Gasteiger partial charge in [-0.3, -0.25) is 0 Å². The molecule has 10 heteroatoms. The fourth-order valence-corrected chi connectivity index (χ4v) is 3.42. The van der Waals surface area contributed by atoms with Crippen molar-refractivity contribution in [2.75, 3.05) is 28.8 Å². The Morgan fingerprint density at radius 2 is 1.90 bits per heavy atom. The number of halogens is 3. The number of fused-ring (bicyclic) bond motifs is 1. The molecule has 0 spiro atoms. The number of nitrogens with one attached hydrogen (secondary N) is 3. The first-order valence-electron chi connectivity index (χ1n) is 9.30. The van der Waals surface area contributed by atoms with Gasteiger partial charge in [-0.2, -0.15) is 4.98 Å². The molecule has 0 unspecified atom stereocenters. The van der Waals surface area contributed by atoms with Crippen LogP contribution in [-0.2, 0) is 6.54 Å². The molecule has 0 bridgehead atoms. The van der Waals surface area contributed by atoms with Crippen molar-refractivity contribution in [3.8, 4) is 0 Å². The van der Waals surface area contributed by atoms with Crippen LogP contribution in [0, 0.1) is 5.82 Å². The van der Waals surface area contributed by atoms with Gasteiger partial charge in [-0.1, -0.05) is 23.2 Å². The molecule has 7 nitrogen and oxygen atoms in total. The molecule has 3 aromatic rings. The fraction of sp³-hybridized carbons (Fsp3) is 0.200. The van der Waals surface area contributed by atoms with Gasteiger partial charge in [0.15, 0.2) is 11.6 Å². The molecule has 4 rings (SSSR count). The van der Waals surface area contributed by atoms with Crippen LogP contribution < -0.4 is 21.1 Å². The molecule has 1 aliphatic rings. The number of aliphatic hydroxyl groups excluding tert-OH is 1. The van der Waals surface area contributed by atoms with Crippen LogP contribution in [0.1, 0.15) is 12.0 Å². The Bertz CT molecular complexity index is 1070. The average molecular weight is 449 g/mol. The monoisotopic (exact) mass is 448 g/mol. The maximum absolute atomic E-state index is 14.2. The van der Waals surface area contributed by atoms with Crippen molar-refractivity contribution < 1.29 is 9.50 Å². The van der Waals surface area contributed by atoms with Crippen molar-refractivity contribution in [1.29, 1.82) is 0 Å². The SMILES string of the molecule is OCCCN1NCc2cc(Nc3ncc(F)c(Nc4ccc(Cl)c(Cl)c4)n3)ccc21. The van der Waals surface area contributed by atoms with Crippen LogP contribution in [0.15, 0.2) is 42.6 Å². The summed E-state index contributed by atoms with van der Waals surface area (Å²) < 4.78 is 14.2. The molecule has 30 heavy (non-hydrogen) atoms. The largest absolute Gasteiger partial charge is 0.396 e. The van der Waals surface area contributed by atoms with Crippen molar-refractivity contribution in [3.63, 3.8) is 0 Å². The molecule has 0 atom stereocenters. The van der Waals surface area contributed by atoms with E-state index in [-0.39, 0.29) is 18.4 Å². The number of hydrazine groups is 1. The predicted molar refractivity (Wildman–Crippen MR) is 117 cm³/mol. The first-order valence-corrected chi connectivity index (χ1v) is 10.1. The van der Waals surface area contributed by atoms with E-state index < -0.39 is 5.82 Å². The zero-order chi connectivity index (χ0) is 21.1. The fourth-order valence-electron chi connectivity index (χ4n) is 3.12. The van der Waals surface area contributed by atoms with Crippen molar-refractivity contribution in [2.45, 2.75) is 13.0 Å². The molecular weight excluding hydrogens is 430 g/mol. The van der Waals surface area contributed by atoms with E-state index in [1.807, 2.05) is 23.2 Å². The Morgan fingerprint density at radius 1 is 1.10 bits per heavy atom. The minimum atomic E-state index is -0.593. The zero-order valence-corrected chi connectivity index (χ0v) is 17.3. The van der Waals surface area contributed by atoms with Crippen LogP contribution in [0.5, 0.6) is 0 Å². The van der Waals surface area contributed by atoms with Gasteiger partial charge in [0, 0.05) is 31.1 Å². The van der Waals surface area contributed by atoms with Crippen molar-refractivity contribution in [2.24, 2.45) is 0 Å². The summed E-state index contributed by atoms with van der Waals surface area (Å²) in [5.41, 5.74) is 6.79. The zero-order valence-electron chi connectivity index (χ0n) is 15.8. The highest BCUT2D eigenvalue weighted by Crippen LogP contribution is 2.30. The highest BCUT2D eigenvalue weighted by Gasteiger charge is 2.18. The predicted octanol–water partition coefficient (Wildman–Crippen LogP) is 4.62. The van der Waals surface area contributed by atoms with Crippen LogP contribution in [0.25, 0.3) is 0 Å². The topological polar surface area (TPSA) is 85.3 Å². The number of anilines is 5. The van der Waals surface area contributed by atoms with Gasteiger partial charge in [-0.25, -0.2) is 14.8 Å². The van der Waals surface area contributed by atoms with E-state index in [0.29, 0.717) is 28.7 Å². The molecule has 0 radical (unpaired) electrons. The average Bonchev–Trinajstić information content (AvgIpc) is 3.14. The molecule has 156 valence electrons. The van der Waals surface area contributed by atoms with E-state index in [4.69, 9.17) is 28.3 Å². The van der Waals surface area contributed by atoms with Crippen LogP contribution in [0.3, 0.4) is 0 Å². The van der Waals surface area contributed by atoms with Crippen LogP contribution in [-0.4, -0.2) is 28.2 Å². The van der Waals surface area contributed by atoms with Crippen molar-refractivity contribution in [3.05, 3.63) is 64.0 Å². The minimum absolute atomic E-state index is 0.0175. The summed E-state index contributed by atoms with van der Waals surface area (Å²) in [6, 6.07) is 10.8. The molecule has 0 saturated heterocycles. The van der Waals surface area contributed by atoms with Gasteiger partial charge in [0.1, 0.15) is 0 Å². The maximum Gasteiger partial charge on any atom is 0.229 e. The second kappa shape index (κ2) is 9.01. The summed E-state index contributed by atoms with van der Waals surface area (Å²) in [5, 5.41) is 17.8. The van der Waals surface area contributed by atoms with E-state index >= 15 is 0 Å². The van der Waals surface area contributed by atoms with Crippen molar-refractivity contribution >= 4 is 52.0 Å². The molecule has 0 amide bonds. The highest BCUT2D eigenvalue weighted by molar-refractivity contribution is 6.42. The summed E-state index contributed by atoms with van der Waals surface area (Å²) in [4.78, 5) is 8.24. The number of benzene rings is 2. The summed E-state index contributed by atoms with van der Waals surface area (Å²) in [5.74, 6) is -0.324. The number of aliphatic hydroxyl groups is 1. The molecule has 4 N–H and O–H groups in total. The van der Waals surface area contributed by atoms with Gasteiger partial charge < -0.3 is 20.7 Å². The smallest absolute Gasteiger partial charge is 0.229 e. The van der Waals surface area contributed by atoms with Gasteiger partial charge in [-0.15, -0.1) is 0 Å². The Morgan fingerprint density at radius 3 is 2.70 bits per heavy atom. The third-order valence-corrected chi connectivity index (χ3v) is 5.29. The van der Waals surface area contributed by atoms with Crippen LogP contribution >= 0.6 is 23.2 Å². The van der Waals surface area contributed by atoms with E-state index in [9.17, 15) is 4.39 Å². The lowest BCUT2D eigenvalue weighted by atomic mass is 10.1. The molecular formula is C20H19Cl2FN6O. The van der Waals surface area contributed by atoms with Crippen LogP contribution in [0.4, 0.5) is 33.2 Å². The lowest BCUT2D eigenvalue weighted by Gasteiger charge is -2.18. The number of nitrogens with zero attached hydrogens (tertiary/aromatic N) is 3. The van der Waals surface area contributed by atoms with E-state index in [1.54, 1.807) is 18.2 Å². The maximum atomic E-state index is 14.2. The Kier molecular flexibility index (Phi) is 6.19. The van der Waals surface area contributed by atoms with Gasteiger partial charge >= 0.3 is 0 Å². The number of hydrogen-bond donors (Lipinski definition) is 4. The second-order valence-corrected chi connectivity index (χ2v) is 7.49. The standard InChI is InChI=1S/C20H19Cl2FN6O/c21-15-4-2-14(9-16(15)22)26-19-17(23)11-24-20(28-19)27-13-3-5-18-12(8-13)10-25-29(18)6-1-7-30/h2-5,8-9,11,25,30H,1,6-7,10H2,(H2,24,26,27,28). The Hall–Kier alpha value is -2.65. The van der Waals surface area contributed by atoms with Gasteiger partial charge in [0.25, 0.3) is 0 Å². The van der Waals surface area contributed by atoms with Gasteiger partial charge in [0.05, 0.1) is 21.9 Å². The molecule has 2 aromatic carbocycles. The quantitative estimate of drug-likeness (QED) is 0.419. The summed E-state index contributed by atoms with van der Waals surface area (Å²) in [6.45, 7) is 1.55. The van der Waals surface area contributed by atoms with E-state index in [0.717, 1.165) is 29.7 Å². The highest BCUT2D eigenvalue weighted by atomic mass is 35.5. The third-order valence-electron chi connectivity index (χ3n) is 4.55. The summed E-state index contributed by atoms with van der Waals surface area (Å²) in [7, 11) is 0. The van der Waals surface area contributed by atoms with Crippen LogP contribution in [0.2, 0.25) is 10.0 Å². The molecule has 0 saturated carbocycles. The first-order chi connectivity index (χ1) is 14.5. The van der Waals surface area contributed by atoms with E-state index in [2.05, 4.69) is 26.0 Å². The lowest BCUT2D eigenvalue weighted by Crippen LogP contribution is -2.33. The molecule has 0 fully saturated rings. The normalized spacial score (nSPS) is 12.7. The summed E-state index contributed by atoms with van der Waals surface area (Å²) >= 11 is 11.9. The molecule has 2 heterocycles. The molecule has 1 aromatic heterocycles. The second-order valence-electron chi connectivity index (χ2n) is 6.68. The number of rotatable bonds is 7. The molecule has 1 aliphatic heterocycles. The van der Waals surface area contributed by atoms with Gasteiger partial charge in [-0.05, 0) is 48.4 Å². The number of hydrogen-bond acceptors (Lipinski definition) is 7. The Labute approximate surface area is 182 Å². The van der Waals surface area contributed by atoms with E-state index in [1.165, 1.54) is 0 Å². The number of aromatic nitrogens is 2. The minimum Gasteiger partial charge on any atom is -0.396 e. The van der Waals surface area contributed by atoms with Crippen molar-refractivity contribution in [1.82, 2.24) is 15.4 Å². The third kappa shape index (κ3) is 4.57. The summed E-state index contributed by atoms with van der Waals surface area (Å²) in [6.07, 6.45) is 1.78. The first kappa shape index (κ1) is 20.6. The van der Waals surface area contributed by atoms with Gasteiger partial charge in [0.2, 0.25) is 5.95 Å². The molecule has 0 aliphatic carbocycles. The lowest BCUT2D eigenvalue weighted by molar-refractivity contribution is 0.288.